The van der Waals surface area contributed by atoms with Crippen molar-refractivity contribution in [3.05, 3.63) is 35.0 Å². The van der Waals surface area contributed by atoms with E-state index in [0.717, 1.165) is 11.3 Å². The number of hydrogen-bond acceptors (Lipinski definition) is 4. The molecule has 0 aliphatic rings. The van der Waals surface area contributed by atoms with Crippen molar-refractivity contribution in [2.75, 3.05) is 13.7 Å². The second kappa shape index (κ2) is 5.98. The standard InChI is InChI=1S/C13H12FNO4S/c1-19-6-9(13(17)18)15-12(16)11-5-7-8(14)3-2-4-10(7)20-11/h2-5,9H,6H2,1H3,(H,15,16)(H,17,18). The molecule has 0 bridgehead atoms. The smallest absolute Gasteiger partial charge is 0.328 e. The lowest BCUT2D eigenvalue weighted by atomic mass is 10.2. The molecule has 1 heterocycles. The minimum absolute atomic E-state index is 0.139. The summed E-state index contributed by atoms with van der Waals surface area (Å²) in [4.78, 5) is 23.2. The van der Waals surface area contributed by atoms with Crippen molar-refractivity contribution in [2.45, 2.75) is 6.04 Å². The van der Waals surface area contributed by atoms with Gasteiger partial charge in [0.2, 0.25) is 0 Å². The summed E-state index contributed by atoms with van der Waals surface area (Å²) < 4.78 is 18.9. The average Bonchev–Trinajstić information content (AvgIpc) is 2.83. The third-order valence-electron chi connectivity index (χ3n) is 2.67. The monoisotopic (exact) mass is 297 g/mol. The van der Waals surface area contributed by atoms with Gasteiger partial charge in [0, 0.05) is 17.2 Å². The van der Waals surface area contributed by atoms with Crippen LogP contribution in [0.3, 0.4) is 0 Å². The Morgan fingerprint density at radius 1 is 1.50 bits per heavy atom. The van der Waals surface area contributed by atoms with Crippen molar-refractivity contribution < 1.29 is 23.8 Å². The van der Waals surface area contributed by atoms with Gasteiger partial charge in [-0.25, -0.2) is 9.18 Å². The lowest BCUT2D eigenvalue weighted by Crippen LogP contribution is -2.43. The maximum absolute atomic E-state index is 13.5. The third kappa shape index (κ3) is 2.94. The number of carbonyl (C=O) groups is 2. The van der Waals surface area contributed by atoms with Crippen LogP contribution in [0.25, 0.3) is 10.1 Å². The molecule has 0 saturated carbocycles. The Labute approximate surface area is 118 Å². The molecule has 7 heteroatoms. The number of methoxy groups -OCH3 is 1. The van der Waals surface area contributed by atoms with Gasteiger partial charge in [0.1, 0.15) is 5.82 Å². The number of ether oxygens (including phenoxy) is 1. The number of nitrogens with one attached hydrogen (secondary N) is 1. The number of amides is 1. The third-order valence-corrected chi connectivity index (χ3v) is 3.77. The van der Waals surface area contributed by atoms with Crippen LogP contribution in [-0.4, -0.2) is 36.7 Å². The molecule has 2 N–H and O–H groups in total. The van der Waals surface area contributed by atoms with Crippen LogP contribution in [0.4, 0.5) is 4.39 Å². The highest BCUT2D eigenvalue weighted by atomic mass is 32.1. The first-order valence-electron chi connectivity index (χ1n) is 5.73. The van der Waals surface area contributed by atoms with Gasteiger partial charge in [-0.15, -0.1) is 11.3 Å². The first kappa shape index (κ1) is 14.4. The Balaban J connectivity index is 2.22. The lowest BCUT2D eigenvalue weighted by molar-refractivity contribution is -0.140. The largest absolute Gasteiger partial charge is 0.480 e. The van der Waals surface area contributed by atoms with Gasteiger partial charge in [-0.2, -0.15) is 0 Å². The minimum atomic E-state index is -1.19. The topological polar surface area (TPSA) is 75.6 Å². The zero-order valence-corrected chi connectivity index (χ0v) is 11.4. The van der Waals surface area contributed by atoms with Gasteiger partial charge in [-0.3, -0.25) is 4.79 Å². The van der Waals surface area contributed by atoms with Gasteiger partial charge in [-0.1, -0.05) is 6.07 Å². The Kier molecular flexibility index (Phi) is 4.31. The molecule has 5 nitrogen and oxygen atoms in total. The predicted molar refractivity (Wildman–Crippen MR) is 72.5 cm³/mol. The maximum atomic E-state index is 13.5. The van der Waals surface area contributed by atoms with Crippen LogP contribution < -0.4 is 5.32 Å². The molecule has 0 saturated heterocycles. The zero-order valence-electron chi connectivity index (χ0n) is 10.6. The molecule has 1 aromatic carbocycles. The van der Waals surface area contributed by atoms with Crippen molar-refractivity contribution in [3.63, 3.8) is 0 Å². The van der Waals surface area contributed by atoms with E-state index in [0.29, 0.717) is 10.1 Å². The Morgan fingerprint density at radius 2 is 2.25 bits per heavy atom. The van der Waals surface area contributed by atoms with Crippen LogP contribution in [0.5, 0.6) is 0 Å². The van der Waals surface area contributed by atoms with Crippen molar-refractivity contribution >= 4 is 33.3 Å². The van der Waals surface area contributed by atoms with E-state index >= 15 is 0 Å². The van der Waals surface area contributed by atoms with E-state index in [1.165, 1.54) is 19.2 Å². The molecule has 0 spiro atoms. The van der Waals surface area contributed by atoms with Gasteiger partial charge >= 0.3 is 5.97 Å². The number of thiophene rings is 1. The molecule has 2 rings (SSSR count). The average molecular weight is 297 g/mol. The fourth-order valence-corrected chi connectivity index (χ4v) is 2.69. The Hall–Kier alpha value is -1.99. The van der Waals surface area contributed by atoms with Crippen molar-refractivity contribution in [1.82, 2.24) is 5.32 Å². The highest BCUT2D eigenvalue weighted by molar-refractivity contribution is 7.20. The van der Waals surface area contributed by atoms with Gasteiger partial charge < -0.3 is 15.2 Å². The van der Waals surface area contributed by atoms with Gasteiger partial charge in [0.15, 0.2) is 6.04 Å². The van der Waals surface area contributed by atoms with E-state index in [2.05, 4.69) is 5.32 Å². The molecule has 2 aromatic rings. The summed E-state index contributed by atoms with van der Waals surface area (Å²) in [6.45, 7) is -0.139. The number of carboxylic acid groups (broad SMARTS) is 1. The van der Waals surface area contributed by atoms with E-state index in [9.17, 15) is 14.0 Å². The fourth-order valence-electron chi connectivity index (χ4n) is 1.71. The summed E-state index contributed by atoms with van der Waals surface area (Å²) in [7, 11) is 1.34. The fraction of sp³-hybridized carbons (Fsp3) is 0.231. The first-order valence-corrected chi connectivity index (χ1v) is 6.55. The molecular weight excluding hydrogens is 285 g/mol. The molecule has 0 aliphatic carbocycles. The second-order valence-electron chi connectivity index (χ2n) is 4.08. The molecular formula is C13H12FNO4S. The predicted octanol–water partition coefficient (Wildman–Crippen LogP) is 1.87. The molecule has 1 amide bonds. The Morgan fingerprint density at radius 3 is 2.85 bits per heavy atom. The summed E-state index contributed by atoms with van der Waals surface area (Å²) in [6.07, 6.45) is 0. The molecule has 1 atom stereocenters. The zero-order chi connectivity index (χ0) is 14.7. The summed E-state index contributed by atoms with van der Waals surface area (Å²) >= 11 is 1.11. The van der Waals surface area contributed by atoms with Gasteiger partial charge in [0.05, 0.1) is 11.5 Å². The number of benzene rings is 1. The Bertz CT molecular complexity index is 655. The van der Waals surface area contributed by atoms with E-state index in [-0.39, 0.29) is 11.5 Å². The number of fused-ring (bicyclic) bond motifs is 1. The second-order valence-corrected chi connectivity index (χ2v) is 5.17. The number of carboxylic acids is 1. The minimum Gasteiger partial charge on any atom is -0.480 e. The quantitative estimate of drug-likeness (QED) is 0.883. The van der Waals surface area contributed by atoms with Crippen molar-refractivity contribution in [3.8, 4) is 0 Å². The SMILES string of the molecule is COCC(NC(=O)c1cc2c(F)cccc2s1)C(=O)O. The van der Waals surface area contributed by atoms with Crippen LogP contribution in [-0.2, 0) is 9.53 Å². The van der Waals surface area contributed by atoms with Crippen LogP contribution >= 0.6 is 11.3 Å². The van der Waals surface area contributed by atoms with Crippen molar-refractivity contribution in [1.29, 1.82) is 0 Å². The van der Waals surface area contributed by atoms with Gasteiger partial charge in [-0.05, 0) is 18.2 Å². The van der Waals surface area contributed by atoms with Gasteiger partial charge in [0.25, 0.3) is 5.91 Å². The molecule has 0 radical (unpaired) electrons. The molecule has 20 heavy (non-hydrogen) atoms. The summed E-state index contributed by atoms with van der Waals surface area (Å²) in [6, 6.07) is 4.84. The van der Waals surface area contributed by atoms with E-state index in [1.54, 1.807) is 12.1 Å². The van der Waals surface area contributed by atoms with E-state index in [1.807, 2.05) is 0 Å². The summed E-state index contributed by atoms with van der Waals surface area (Å²) in [5.74, 6) is -2.16. The molecule has 1 aromatic heterocycles. The number of hydrogen-bond donors (Lipinski definition) is 2. The molecule has 0 aliphatic heterocycles. The molecule has 1 unspecified atom stereocenters. The first-order chi connectivity index (χ1) is 9.52. The number of carbonyl (C=O) groups excluding carboxylic acids is 1. The summed E-state index contributed by atoms with van der Waals surface area (Å²) in [5.41, 5.74) is 0. The summed E-state index contributed by atoms with van der Waals surface area (Å²) in [5, 5.41) is 11.6. The molecule has 0 fully saturated rings. The number of halogens is 1. The molecule has 106 valence electrons. The van der Waals surface area contributed by atoms with Crippen LogP contribution in [0.15, 0.2) is 24.3 Å². The van der Waals surface area contributed by atoms with Crippen LogP contribution in [0.2, 0.25) is 0 Å². The highest BCUT2D eigenvalue weighted by Gasteiger charge is 2.21. The van der Waals surface area contributed by atoms with Crippen LogP contribution in [0.1, 0.15) is 9.67 Å². The maximum Gasteiger partial charge on any atom is 0.328 e. The lowest BCUT2D eigenvalue weighted by Gasteiger charge is -2.12. The normalized spacial score (nSPS) is 12.3. The number of rotatable bonds is 5. The highest BCUT2D eigenvalue weighted by Crippen LogP contribution is 2.27. The van der Waals surface area contributed by atoms with Crippen LogP contribution in [0, 0.1) is 5.82 Å². The van der Waals surface area contributed by atoms with E-state index < -0.39 is 23.7 Å². The number of aliphatic carboxylic acids is 1. The van der Waals surface area contributed by atoms with Crippen molar-refractivity contribution in [2.24, 2.45) is 0 Å². The van der Waals surface area contributed by atoms with E-state index in [4.69, 9.17) is 9.84 Å².